The van der Waals surface area contributed by atoms with E-state index >= 15 is 0 Å². The van der Waals surface area contributed by atoms with E-state index in [-0.39, 0.29) is 5.84 Å². The zero-order chi connectivity index (χ0) is 11.7. The molecule has 0 unspecified atom stereocenters. The second-order valence-electron chi connectivity index (χ2n) is 3.50. The highest BCUT2D eigenvalue weighted by molar-refractivity contribution is 5.99. The van der Waals surface area contributed by atoms with E-state index in [4.69, 9.17) is 11.1 Å². The maximum absolute atomic E-state index is 7.57. The molecule has 0 atom stereocenters. The smallest absolute Gasteiger partial charge is 0.138 e. The summed E-state index contributed by atoms with van der Waals surface area (Å²) in [5, 5.41) is 11.6. The van der Waals surface area contributed by atoms with E-state index in [0.717, 1.165) is 17.1 Å². The number of nitrogen functional groups attached to an aromatic ring is 1. The van der Waals surface area contributed by atoms with Crippen molar-refractivity contribution in [2.24, 2.45) is 5.73 Å². The van der Waals surface area contributed by atoms with Gasteiger partial charge >= 0.3 is 0 Å². The normalized spacial score (nSPS) is 10.4. The number of hydrogen-bond acceptors (Lipinski definition) is 4. The maximum atomic E-state index is 7.57. The first-order valence-corrected chi connectivity index (χ1v) is 4.77. The van der Waals surface area contributed by atoms with Gasteiger partial charge in [0.2, 0.25) is 0 Å². The third-order valence-electron chi connectivity index (χ3n) is 2.24. The van der Waals surface area contributed by atoms with Gasteiger partial charge in [0.25, 0.3) is 0 Å². The van der Waals surface area contributed by atoms with Crippen LogP contribution in [0.25, 0.3) is 5.69 Å². The molecule has 0 spiro atoms. The van der Waals surface area contributed by atoms with Crippen LogP contribution < -0.4 is 5.73 Å². The van der Waals surface area contributed by atoms with Crippen LogP contribution in [0.2, 0.25) is 0 Å². The Hall–Kier alpha value is -2.24. The number of rotatable bonds is 2. The predicted molar refractivity (Wildman–Crippen MR) is 59.6 cm³/mol. The molecule has 2 aromatic rings. The molecule has 82 valence electrons. The third-order valence-corrected chi connectivity index (χ3v) is 2.24. The number of amidine groups is 1. The fourth-order valence-electron chi connectivity index (χ4n) is 1.65. The molecule has 0 fully saturated rings. The zero-order valence-electron chi connectivity index (χ0n) is 9.10. The molecular weight excluding hydrogens is 204 g/mol. The highest BCUT2D eigenvalue weighted by atomic mass is 15.3. The lowest BCUT2D eigenvalue weighted by atomic mass is 10.1. The number of nitrogens with one attached hydrogen (secondary N) is 1. The van der Waals surface area contributed by atoms with Crippen LogP contribution in [0.15, 0.2) is 18.7 Å². The van der Waals surface area contributed by atoms with Crippen LogP contribution in [0.3, 0.4) is 0 Å². The van der Waals surface area contributed by atoms with E-state index in [1.807, 2.05) is 19.9 Å². The average molecular weight is 216 g/mol. The number of aryl methyl sites for hydroxylation is 2. The molecule has 0 saturated heterocycles. The van der Waals surface area contributed by atoms with Gasteiger partial charge in [-0.25, -0.2) is 9.67 Å². The Morgan fingerprint density at radius 3 is 2.75 bits per heavy atom. The molecular formula is C10H12N6. The topological polar surface area (TPSA) is 93.5 Å². The molecule has 2 aromatic heterocycles. The lowest BCUT2D eigenvalue weighted by Crippen LogP contribution is -2.18. The van der Waals surface area contributed by atoms with Crippen molar-refractivity contribution in [1.82, 2.24) is 19.7 Å². The van der Waals surface area contributed by atoms with Crippen molar-refractivity contribution in [3.8, 4) is 5.69 Å². The Bertz CT molecular complexity index is 528. The van der Waals surface area contributed by atoms with Gasteiger partial charge in [-0.1, -0.05) is 0 Å². The average Bonchev–Trinajstić information content (AvgIpc) is 2.67. The van der Waals surface area contributed by atoms with E-state index in [1.54, 1.807) is 11.0 Å². The fourth-order valence-corrected chi connectivity index (χ4v) is 1.65. The van der Waals surface area contributed by atoms with Crippen LogP contribution in [0.4, 0.5) is 0 Å². The Morgan fingerprint density at radius 1 is 1.44 bits per heavy atom. The van der Waals surface area contributed by atoms with Crippen LogP contribution in [0.1, 0.15) is 17.0 Å². The molecule has 0 saturated carbocycles. The maximum Gasteiger partial charge on any atom is 0.138 e. The zero-order valence-corrected chi connectivity index (χ0v) is 9.10. The first-order valence-electron chi connectivity index (χ1n) is 4.77. The minimum Gasteiger partial charge on any atom is -0.384 e. The largest absolute Gasteiger partial charge is 0.384 e. The van der Waals surface area contributed by atoms with Gasteiger partial charge in [0.15, 0.2) is 0 Å². The fraction of sp³-hybridized carbons (Fsp3) is 0.200. The number of pyridine rings is 1. The Morgan fingerprint density at radius 2 is 2.19 bits per heavy atom. The van der Waals surface area contributed by atoms with Gasteiger partial charge < -0.3 is 5.73 Å². The van der Waals surface area contributed by atoms with Crippen molar-refractivity contribution in [3.05, 3.63) is 35.7 Å². The molecule has 0 bridgehead atoms. The molecule has 16 heavy (non-hydrogen) atoms. The summed E-state index contributed by atoms with van der Waals surface area (Å²) >= 11 is 0. The number of aromatic nitrogens is 4. The summed E-state index contributed by atoms with van der Waals surface area (Å²) in [7, 11) is 0. The standard InChI is InChI=1S/C10H12N6/c1-6-3-8(16-5-13-4-14-16)9(10(11)12)7(2)15-6/h3-5H,1-2H3,(H3,11,12). The van der Waals surface area contributed by atoms with Crippen molar-refractivity contribution in [3.63, 3.8) is 0 Å². The predicted octanol–water partition coefficient (Wildman–Crippen LogP) is 0.563. The minimum atomic E-state index is -0.0181. The second-order valence-corrected chi connectivity index (χ2v) is 3.50. The molecule has 0 aliphatic heterocycles. The monoisotopic (exact) mass is 216 g/mol. The van der Waals surface area contributed by atoms with Gasteiger partial charge in [-0.15, -0.1) is 0 Å². The summed E-state index contributed by atoms with van der Waals surface area (Å²) in [5.41, 5.74) is 8.45. The number of hydrogen-bond donors (Lipinski definition) is 2. The summed E-state index contributed by atoms with van der Waals surface area (Å²) < 4.78 is 1.58. The van der Waals surface area contributed by atoms with Crippen molar-refractivity contribution in [1.29, 1.82) is 5.41 Å². The van der Waals surface area contributed by atoms with Crippen LogP contribution in [0.5, 0.6) is 0 Å². The molecule has 0 aliphatic carbocycles. The van der Waals surface area contributed by atoms with Gasteiger partial charge in [0.1, 0.15) is 18.5 Å². The quantitative estimate of drug-likeness (QED) is 0.566. The van der Waals surface area contributed by atoms with Gasteiger partial charge in [-0.3, -0.25) is 10.4 Å². The van der Waals surface area contributed by atoms with Crippen LogP contribution in [-0.4, -0.2) is 25.6 Å². The van der Waals surface area contributed by atoms with E-state index in [0.29, 0.717) is 5.56 Å². The summed E-state index contributed by atoms with van der Waals surface area (Å²) in [5.74, 6) is -0.0181. The molecule has 3 N–H and O–H groups in total. The lowest BCUT2D eigenvalue weighted by Gasteiger charge is -2.11. The number of nitrogens with zero attached hydrogens (tertiary/aromatic N) is 4. The molecule has 6 nitrogen and oxygen atoms in total. The van der Waals surface area contributed by atoms with Crippen molar-refractivity contribution in [2.45, 2.75) is 13.8 Å². The third kappa shape index (κ3) is 1.65. The van der Waals surface area contributed by atoms with Crippen LogP contribution in [-0.2, 0) is 0 Å². The summed E-state index contributed by atoms with van der Waals surface area (Å²) in [6.07, 6.45) is 3.01. The van der Waals surface area contributed by atoms with Crippen LogP contribution >= 0.6 is 0 Å². The van der Waals surface area contributed by atoms with E-state index < -0.39 is 0 Å². The second kappa shape index (κ2) is 3.73. The van der Waals surface area contributed by atoms with Gasteiger partial charge in [-0.05, 0) is 19.9 Å². The molecule has 0 radical (unpaired) electrons. The molecule has 2 heterocycles. The van der Waals surface area contributed by atoms with E-state index in [9.17, 15) is 0 Å². The molecule has 0 aliphatic rings. The lowest BCUT2D eigenvalue weighted by molar-refractivity contribution is 0.865. The molecule has 6 heteroatoms. The Balaban J connectivity index is 2.72. The van der Waals surface area contributed by atoms with Gasteiger partial charge in [0, 0.05) is 5.69 Å². The Labute approximate surface area is 92.7 Å². The van der Waals surface area contributed by atoms with E-state index in [2.05, 4.69) is 15.1 Å². The van der Waals surface area contributed by atoms with Crippen molar-refractivity contribution >= 4 is 5.84 Å². The van der Waals surface area contributed by atoms with Gasteiger partial charge in [-0.2, -0.15) is 5.10 Å². The molecule has 2 rings (SSSR count). The SMILES string of the molecule is Cc1cc(-n2cncn2)c(C(=N)N)c(C)n1. The first kappa shape index (κ1) is 10.3. The van der Waals surface area contributed by atoms with Crippen molar-refractivity contribution in [2.75, 3.05) is 0 Å². The molecule has 0 aromatic carbocycles. The molecule has 0 amide bonds. The minimum absolute atomic E-state index is 0.0181. The van der Waals surface area contributed by atoms with Crippen LogP contribution in [0, 0.1) is 19.3 Å². The van der Waals surface area contributed by atoms with E-state index in [1.165, 1.54) is 6.33 Å². The summed E-state index contributed by atoms with van der Waals surface area (Å²) in [6, 6.07) is 1.83. The summed E-state index contributed by atoms with van der Waals surface area (Å²) in [6.45, 7) is 3.71. The highest BCUT2D eigenvalue weighted by Gasteiger charge is 2.13. The first-order chi connectivity index (χ1) is 7.59. The summed E-state index contributed by atoms with van der Waals surface area (Å²) in [4.78, 5) is 8.16. The number of nitrogens with two attached hydrogens (primary N) is 1. The van der Waals surface area contributed by atoms with Gasteiger partial charge in [0.05, 0.1) is 16.9 Å². The Kier molecular flexibility index (Phi) is 2.40. The van der Waals surface area contributed by atoms with Crippen molar-refractivity contribution < 1.29 is 0 Å². The highest BCUT2D eigenvalue weighted by Crippen LogP contribution is 2.16.